The molecule has 0 aliphatic rings. The Kier molecular flexibility index (Phi) is 3.13. The van der Waals surface area contributed by atoms with Crippen LogP contribution in [-0.2, 0) is 6.54 Å². The lowest BCUT2D eigenvalue weighted by Crippen LogP contribution is -2.00. The van der Waals surface area contributed by atoms with Gasteiger partial charge in [-0.2, -0.15) is 5.10 Å². The number of hydrogen-bond acceptors (Lipinski definition) is 6. The maximum Gasteiger partial charge on any atom is 0.191 e. The number of nitrogens with zero attached hydrogens (tertiary/aromatic N) is 3. The number of para-hydroxylation sites is 1. The molecule has 3 heterocycles. The van der Waals surface area contributed by atoms with Crippen molar-refractivity contribution in [2.45, 2.75) is 6.54 Å². The van der Waals surface area contributed by atoms with Crippen LogP contribution in [-0.4, -0.2) is 20.2 Å². The summed E-state index contributed by atoms with van der Waals surface area (Å²) >= 11 is 3.27. The predicted octanol–water partition coefficient (Wildman–Crippen LogP) is 3.76. The van der Waals surface area contributed by atoms with Gasteiger partial charge >= 0.3 is 0 Å². The van der Waals surface area contributed by atoms with Crippen molar-refractivity contribution in [1.82, 2.24) is 20.2 Å². The minimum atomic E-state index is 0.582. The Hall–Kier alpha value is -2.25. The minimum absolute atomic E-state index is 0.582. The molecule has 0 saturated heterocycles. The van der Waals surface area contributed by atoms with E-state index < -0.39 is 0 Å². The molecule has 2 N–H and O–H groups in total. The molecule has 0 saturated carbocycles. The molecule has 0 amide bonds. The highest BCUT2D eigenvalue weighted by atomic mass is 32.1. The van der Waals surface area contributed by atoms with Crippen molar-refractivity contribution < 1.29 is 0 Å². The van der Waals surface area contributed by atoms with E-state index in [1.165, 1.54) is 4.70 Å². The molecular weight excluding hydrogens is 302 g/mol. The van der Waals surface area contributed by atoms with Gasteiger partial charge in [0.1, 0.15) is 5.82 Å². The zero-order chi connectivity index (χ0) is 14.1. The molecule has 0 bridgehead atoms. The monoisotopic (exact) mass is 313 g/mol. The van der Waals surface area contributed by atoms with Gasteiger partial charge < -0.3 is 5.32 Å². The number of aromatic nitrogens is 4. The maximum absolute atomic E-state index is 4.53. The summed E-state index contributed by atoms with van der Waals surface area (Å²) in [5, 5.41) is 13.4. The van der Waals surface area contributed by atoms with Gasteiger partial charge in [0.25, 0.3) is 0 Å². The minimum Gasteiger partial charge on any atom is -0.354 e. The van der Waals surface area contributed by atoms with Crippen LogP contribution < -0.4 is 5.32 Å². The smallest absolute Gasteiger partial charge is 0.191 e. The molecular formula is C14H11N5S2. The number of aromatic amines is 1. The molecule has 5 nitrogen and oxygen atoms in total. The van der Waals surface area contributed by atoms with Crippen LogP contribution in [0.3, 0.4) is 0 Å². The zero-order valence-corrected chi connectivity index (χ0v) is 12.5. The topological polar surface area (TPSA) is 66.5 Å². The number of hydrogen-bond donors (Lipinski definition) is 2. The van der Waals surface area contributed by atoms with Crippen LogP contribution in [0.2, 0.25) is 0 Å². The van der Waals surface area contributed by atoms with E-state index >= 15 is 0 Å². The molecule has 3 aromatic heterocycles. The first-order chi connectivity index (χ1) is 10.4. The Morgan fingerprint density at radius 1 is 1.10 bits per heavy atom. The number of rotatable bonds is 4. The number of benzene rings is 1. The summed E-state index contributed by atoms with van der Waals surface area (Å²) in [7, 11) is 0. The molecule has 1 aromatic carbocycles. The van der Waals surface area contributed by atoms with Gasteiger partial charge in [-0.05, 0) is 23.6 Å². The van der Waals surface area contributed by atoms with E-state index in [1.54, 1.807) is 22.7 Å². The Labute approximate surface area is 128 Å². The van der Waals surface area contributed by atoms with Crippen LogP contribution in [0.4, 0.5) is 5.13 Å². The van der Waals surface area contributed by atoms with Gasteiger partial charge in [0, 0.05) is 0 Å². The number of anilines is 1. The van der Waals surface area contributed by atoms with Crippen molar-refractivity contribution in [3.05, 3.63) is 47.6 Å². The summed E-state index contributed by atoms with van der Waals surface area (Å²) in [6.45, 7) is 0.582. The predicted molar refractivity (Wildman–Crippen MR) is 86.6 cm³/mol. The van der Waals surface area contributed by atoms with Gasteiger partial charge in [-0.15, -0.1) is 11.3 Å². The second-order valence-electron chi connectivity index (χ2n) is 4.42. The number of thiazole rings is 1. The molecule has 0 unspecified atom stereocenters. The molecule has 0 aliphatic heterocycles. The van der Waals surface area contributed by atoms with Crippen molar-refractivity contribution in [2.24, 2.45) is 0 Å². The summed E-state index contributed by atoms with van der Waals surface area (Å²) in [6, 6.07) is 12.1. The lowest BCUT2D eigenvalue weighted by atomic mass is 10.3. The fraction of sp³-hybridized carbons (Fsp3) is 0.0714. The Morgan fingerprint density at radius 3 is 2.90 bits per heavy atom. The third-order valence-electron chi connectivity index (χ3n) is 2.97. The zero-order valence-electron chi connectivity index (χ0n) is 10.9. The van der Waals surface area contributed by atoms with E-state index in [4.69, 9.17) is 0 Å². The van der Waals surface area contributed by atoms with Crippen molar-refractivity contribution in [3.63, 3.8) is 0 Å². The summed E-state index contributed by atoms with van der Waals surface area (Å²) in [5.41, 5.74) is 1.02. The summed E-state index contributed by atoms with van der Waals surface area (Å²) < 4.78 is 1.18. The quantitative estimate of drug-likeness (QED) is 0.602. The first-order valence-electron chi connectivity index (χ1n) is 6.43. The van der Waals surface area contributed by atoms with Crippen LogP contribution in [0.1, 0.15) is 5.82 Å². The fourth-order valence-corrected chi connectivity index (χ4v) is 3.52. The highest BCUT2D eigenvalue weighted by Crippen LogP contribution is 2.25. The van der Waals surface area contributed by atoms with Crippen LogP contribution in [0.5, 0.6) is 0 Å². The van der Waals surface area contributed by atoms with Gasteiger partial charge in [-0.1, -0.05) is 29.5 Å². The van der Waals surface area contributed by atoms with E-state index in [0.717, 1.165) is 27.2 Å². The Balaban J connectivity index is 1.49. The average Bonchev–Trinajstić information content (AvgIpc) is 3.23. The van der Waals surface area contributed by atoms with Gasteiger partial charge in [-0.3, -0.25) is 5.10 Å². The van der Waals surface area contributed by atoms with Crippen LogP contribution in [0, 0.1) is 0 Å². The normalized spacial score (nSPS) is 11.0. The summed E-state index contributed by atoms with van der Waals surface area (Å²) in [4.78, 5) is 10.1. The molecule has 7 heteroatoms. The van der Waals surface area contributed by atoms with Gasteiger partial charge in [0.2, 0.25) is 0 Å². The SMILES string of the molecule is c1csc(-c2n[nH]c(CNc3nc4ccccc4s3)n2)c1. The second-order valence-corrected chi connectivity index (χ2v) is 6.40. The molecule has 4 aromatic rings. The fourth-order valence-electron chi connectivity index (χ4n) is 2.00. The van der Waals surface area contributed by atoms with Crippen molar-refractivity contribution in [2.75, 3.05) is 5.32 Å². The highest BCUT2D eigenvalue weighted by Gasteiger charge is 2.07. The van der Waals surface area contributed by atoms with Gasteiger partial charge in [-0.25, -0.2) is 9.97 Å². The van der Waals surface area contributed by atoms with Crippen molar-refractivity contribution >= 4 is 38.0 Å². The van der Waals surface area contributed by atoms with Gasteiger partial charge in [0.05, 0.1) is 21.6 Å². The lowest BCUT2D eigenvalue weighted by Gasteiger charge is -1.97. The van der Waals surface area contributed by atoms with Crippen molar-refractivity contribution in [3.8, 4) is 10.7 Å². The molecule has 21 heavy (non-hydrogen) atoms. The van der Waals surface area contributed by atoms with Gasteiger partial charge in [0.15, 0.2) is 11.0 Å². The standard InChI is InChI=1S/C14H11N5S2/c1-2-5-10-9(4-1)16-14(21-10)15-8-12-17-13(19-18-12)11-6-3-7-20-11/h1-7H,8H2,(H,15,16)(H,17,18,19). The van der Waals surface area contributed by atoms with E-state index in [2.05, 4.69) is 31.5 Å². The van der Waals surface area contributed by atoms with Crippen LogP contribution >= 0.6 is 22.7 Å². The van der Waals surface area contributed by atoms with E-state index in [1.807, 2.05) is 35.7 Å². The molecule has 0 fully saturated rings. The maximum atomic E-state index is 4.53. The molecule has 0 radical (unpaired) electrons. The van der Waals surface area contributed by atoms with E-state index in [0.29, 0.717) is 6.54 Å². The first-order valence-corrected chi connectivity index (χ1v) is 8.13. The first kappa shape index (κ1) is 12.5. The second kappa shape index (κ2) is 5.27. The summed E-state index contributed by atoms with van der Waals surface area (Å²) in [5.74, 6) is 1.55. The van der Waals surface area contributed by atoms with Crippen LogP contribution in [0.25, 0.3) is 20.9 Å². The average molecular weight is 313 g/mol. The largest absolute Gasteiger partial charge is 0.354 e. The van der Waals surface area contributed by atoms with E-state index in [-0.39, 0.29) is 0 Å². The molecule has 0 aliphatic carbocycles. The highest BCUT2D eigenvalue weighted by molar-refractivity contribution is 7.22. The Bertz CT molecular complexity index is 829. The number of thiophene rings is 1. The summed E-state index contributed by atoms with van der Waals surface area (Å²) in [6.07, 6.45) is 0. The number of H-pyrrole nitrogens is 1. The lowest BCUT2D eigenvalue weighted by molar-refractivity contribution is 0.953. The third-order valence-corrected chi connectivity index (χ3v) is 4.83. The molecule has 0 spiro atoms. The molecule has 0 atom stereocenters. The van der Waals surface area contributed by atoms with Crippen LogP contribution in [0.15, 0.2) is 41.8 Å². The van der Waals surface area contributed by atoms with Crippen molar-refractivity contribution in [1.29, 1.82) is 0 Å². The molecule has 4 rings (SSSR count). The number of nitrogens with one attached hydrogen (secondary N) is 2. The number of fused-ring (bicyclic) bond motifs is 1. The molecule has 104 valence electrons. The van der Waals surface area contributed by atoms with E-state index in [9.17, 15) is 0 Å². The third kappa shape index (κ3) is 2.53. The Morgan fingerprint density at radius 2 is 2.05 bits per heavy atom.